The minimum absolute atomic E-state index is 0.127. The van der Waals surface area contributed by atoms with E-state index < -0.39 is 0 Å². The van der Waals surface area contributed by atoms with Crippen molar-refractivity contribution >= 4 is 17.3 Å². The van der Waals surface area contributed by atoms with Crippen molar-refractivity contribution in [3.05, 3.63) is 24.3 Å². The Balaban J connectivity index is 1.88. The van der Waals surface area contributed by atoms with Crippen molar-refractivity contribution in [3.63, 3.8) is 0 Å². The SMILES string of the molecule is CCCCCC(=O)Nc1ccc(N2CCCC[C@@H]2C)cc1. The molecule has 1 N–H and O–H groups in total. The van der Waals surface area contributed by atoms with Crippen molar-refractivity contribution in [2.24, 2.45) is 0 Å². The van der Waals surface area contributed by atoms with E-state index in [0.717, 1.165) is 31.5 Å². The molecule has 3 heteroatoms. The molecule has 21 heavy (non-hydrogen) atoms. The molecule has 0 radical (unpaired) electrons. The average molecular weight is 288 g/mol. The Morgan fingerprint density at radius 2 is 2.00 bits per heavy atom. The van der Waals surface area contributed by atoms with Gasteiger partial charge in [0.1, 0.15) is 0 Å². The van der Waals surface area contributed by atoms with Crippen molar-refractivity contribution < 1.29 is 4.79 Å². The summed E-state index contributed by atoms with van der Waals surface area (Å²) in [6, 6.07) is 8.92. The number of hydrogen-bond acceptors (Lipinski definition) is 2. The maximum Gasteiger partial charge on any atom is 0.224 e. The van der Waals surface area contributed by atoms with Crippen LogP contribution in [0, 0.1) is 0 Å². The number of carbonyl (C=O) groups excluding carboxylic acids is 1. The summed E-state index contributed by atoms with van der Waals surface area (Å²) < 4.78 is 0. The van der Waals surface area contributed by atoms with Crippen LogP contribution in [0.15, 0.2) is 24.3 Å². The Kier molecular flexibility index (Phi) is 6.09. The van der Waals surface area contributed by atoms with Gasteiger partial charge < -0.3 is 10.2 Å². The van der Waals surface area contributed by atoms with Crippen LogP contribution in [0.5, 0.6) is 0 Å². The van der Waals surface area contributed by atoms with Crippen molar-refractivity contribution in [3.8, 4) is 0 Å². The predicted octanol–water partition coefficient (Wildman–Crippen LogP) is 4.58. The summed E-state index contributed by atoms with van der Waals surface area (Å²) in [6.07, 6.45) is 7.76. The molecule has 1 aliphatic heterocycles. The summed E-state index contributed by atoms with van der Waals surface area (Å²) in [5.74, 6) is 0.127. The number of amides is 1. The van der Waals surface area contributed by atoms with Crippen LogP contribution in [0.1, 0.15) is 58.8 Å². The van der Waals surface area contributed by atoms with Gasteiger partial charge in [0.15, 0.2) is 0 Å². The van der Waals surface area contributed by atoms with Gasteiger partial charge >= 0.3 is 0 Å². The van der Waals surface area contributed by atoms with Crippen LogP contribution in [-0.2, 0) is 4.79 Å². The third-order valence-electron chi connectivity index (χ3n) is 4.29. The van der Waals surface area contributed by atoms with E-state index in [1.165, 1.54) is 24.9 Å². The predicted molar refractivity (Wildman–Crippen MR) is 89.9 cm³/mol. The Hall–Kier alpha value is -1.51. The molecule has 116 valence electrons. The quantitative estimate of drug-likeness (QED) is 0.777. The molecule has 0 aromatic heterocycles. The van der Waals surface area contributed by atoms with Crippen LogP contribution in [0.4, 0.5) is 11.4 Å². The zero-order valence-electron chi connectivity index (χ0n) is 13.4. The highest BCUT2D eigenvalue weighted by Crippen LogP contribution is 2.25. The normalized spacial score (nSPS) is 18.6. The third kappa shape index (κ3) is 4.76. The number of nitrogens with zero attached hydrogens (tertiary/aromatic N) is 1. The molecule has 2 rings (SSSR count). The van der Waals surface area contributed by atoms with E-state index in [4.69, 9.17) is 0 Å². The zero-order chi connectivity index (χ0) is 15.1. The van der Waals surface area contributed by atoms with Crippen molar-refractivity contribution in [2.45, 2.75) is 64.8 Å². The minimum atomic E-state index is 0.127. The average Bonchev–Trinajstić information content (AvgIpc) is 2.49. The highest BCUT2D eigenvalue weighted by Gasteiger charge is 2.18. The number of hydrogen-bond donors (Lipinski definition) is 1. The Labute approximate surface area is 128 Å². The lowest BCUT2D eigenvalue weighted by molar-refractivity contribution is -0.116. The van der Waals surface area contributed by atoms with E-state index in [2.05, 4.69) is 36.2 Å². The van der Waals surface area contributed by atoms with Gasteiger partial charge in [-0.3, -0.25) is 4.79 Å². The highest BCUT2D eigenvalue weighted by atomic mass is 16.1. The maximum absolute atomic E-state index is 11.8. The van der Waals surface area contributed by atoms with Crippen LogP contribution in [0.2, 0.25) is 0 Å². The van der Waals surface area contributed by atoms with Crippen molar-refractivity contribution in [2.75, 3.05) is 16.8 Å². The second-order valence-electron chi connectivity index (χ2n) is 6.09. The minimum Gasteiger partial charge on any atom is -0.369 e. The van der Waals surface area contributed by atoms with Gasteiger partial charge in [0.05, 0.1) is 0 Å². The van der Waals surface area contributed by atoms with Gasteiger partial charge in [0.25, 0.3) is 0 Å². The monoisotopic (exact) mass is 288 g/mol. The van der Waals surface area contributed by atoms with E-state index in [-0.39, 0.29) is 5.91 Å². The molecule has 0 spiro atoms. The zero-order valence-corrected chi connectivity index (χ0v) is 13.4. The number of anilines is 2. The first-order valence-corrected chi connectivity index (χ1v) is 8.37. The molecule has 1 heterocycles. The first kappa shape index (κ1) is 15.9. The maximum atomic E-state index is 11.8. The van der Waals surface area contributed by atoms with Crippen molar-refractivity contribution in [1.29, 1.82) is 0 Å². The molecule has 3 nitrogen and oxygen atoms in total. The summed E-state index contributed by atoms with van der Waals surface area (Å²) in [5.41, 5.74) is 2.18. The molecule has 1 aromatic rings. The third-order valence-corrected chi connectivity index (χ3v) is 4.29. The fraction of sp³-hybridized carbons (Fsp3) is 0.611. The molecule has 1 aromatic carbocycles. The lowest BCUT2D eigenvalue weighted by Crippen LogP contribution is -2.37. The summed E-state index contributed by atoms with van der Waals surface area (Å²) >= 11 is 0. The molecule has 1 saturated heterocycles. The van der Waals surface area contributed by atoms with Gasteiger partial charge in [-0.15, -0.1) is 0 Å². The smallest absolute Gasteiger partial charge is 0.224 e. The number of carbonyl (C=O) groups is 1. The second-order valence-corrected chi connectivity index (χ2v) is 6.09. The standard InChI is InChI=1S/C18H28N2O/c1-3-4-5-9-18(21)19-16-10-12-17(13-11-16)20-14-7-6-8-15(20)2/h10-13,15H,3-9,14H2,1-2H3,(H,19,21)/t15-/m0/s1. The first-order valence-electron chi connectivity index (χ1n) is 8.37. The van der Waals surface area contributed by atoms with Gasteiger partial charge in [-0.25, -0.2) is 0 Å². The van der Waals surface area contributed by atoms with Gasteiger partial charge in [-0.1, -0.05) is 19.8 Å². The molecule has 1 amide bonds. The topological polar surface area (TPSA) is 32.3 Å². The van der Waals surface area contributed by atoms with Crippen molar-refractivity contribution in [1.82, 2.24) is 0 Å². The number of rotatable bonds is 6. The summed E-state index contributed by atoms with van der Waals surface area (Å²) in [5, 5.41) is 2.98. The lowest BCUT2D eigenvalue weighted by atomic mass is 10.0. The van der Waals surface area contributed by atoms with Gasteiger partial charge in [-0.2, -0.15) is 0 Å². The molecule has 0 saturated carbocycles. The number of nitrogens with one attached hydrogen (secondary N) is 1. The molecular formula is C18H28N2O. The lowest BCUT2D eigenvalue weighted by Gasteiger charge is -2.35. The van der Waals surface area contributed by atoms with E-state index >= 15 is 0 Å². The molecule has 1 fully saturated rings. The molecule has 0 bridgehead atoms. The Morgan fingerprint density at radius 1 is 1.24 bits per heavy atom. The molecule has 1 atom stereocenters. The van der Waals surface area contributed by atoms with Gasteiger partial charge in [-0.05, 0) is 56.9 Å². The summed E-state index contributed by atoms with van der Waals surface area (Å²) in [7, 11) is 0. The Morgan fingerprint density at radius 3 is 2.67 bits per heavy atom. The fourth-order valence-electron chi connectivity index (χ4n) is 2.98. The van der Waals surface area contributed by atoms with Crippen LogP contribution < -0.4 is 10.2 Å². The molecular weight excluding hydrogens is 260 g/mol. The number of unbranched alkanes of at least 4 members (excludes halogenated alkanes) is 2. The van der Waals surface area contributed by atoms with Gasteiger partial charge in [0, 0.05) is 30.4 Å². The molecule has 0 aliphatic carbocycles. The van der Waals surface area contributed by atoms with Crippen LogP contribution in [0.3, 0.4) is 0 Å². The second kappa shape index (κ2) is 8.06. The van der Waals surface area contributed by atoms with Crippen LogP contribution >= 0.6 is 0 Å². The van der Waals surface area contributed by atoms with Crippen LogP contribution in [0.25, 0.3) is 0 Å². The molecule has 1 aliphatic rings. The molecule has 0 unspecified atom stereocenters. The van der Waals surface area contributed by atoms with Gasteiger partial charge in [0.2, 0.25) is 5.91 Å². The van der Waals surface area contributed by atoms with E-state index in [9.17, 15) is 4.79 Å². The number of benzene rings is 1. The largest absolute Gasteiger partial charge is 0.369 e. The summed E-state index contributed by atoms with van der Waals surface area (Å²) in [4.78, 5) is 14.3. The number of piperidine rings is 1. The van der Waals surface area contributed by atoms with E-state index in [1.807, 2.05) is 12.1 Å². The van der Waals surface area contributed by atoms with E-state index in [1.54, 1.807) is 0 Å². The Bertz CT molecular complexity index is 441. The summed E-state index contributed by atoms with van der Waals surface area (Å²) in [6.45, 7) is 5.59. The first-order chi connectivity index (χ1) is 10.2. The highest BCUT2D eigenvalue weighted by molar-refractivity contribution is 5.90. The van der Waals surface area contributed by atoms with Crippen LogP contribution in [-0.4, -0.2) is 18.5 Å². The van der Waals surface area contributed by atoms with E-state index in [0.29, 0.717) is 12.5 Å². The fourth-order valence-corrected chi connectivity index (χ4v) is 2.98.